The van der Waals surface area contributed by atoms with E-state index in [1.54, 1.807) is 4.90 Å². The van der Waals surface area contributed by atoms with Crippen molar-refractivity contribution < 1.29 is 54.9 Å². The van der Waals surface area contributed by atoms with Gasteiger partial charge in [-0.3, -0.25) is 0 Å². The van der Waals surface area contributed by atoms with E-state index in [0.717, 1.165) is 69.5 Å². The molecule has 2 aromatic carbocycles. The molecule has 2 heterocycles. The number of carbonyl (C=O) groups excluding carboxylic acids is 3. The fourth-order valence-corrected chi connectivity index (χ4v) is 5.12. The molecule has 2 fully saturated rings. The van der Waals surface area contributed by atoms with Crippen LogP contribution in [0.3, 0.4) is 0 Å². The summed E-state index contributed by atoms with van der Waals surface area (Å²) in [5.74, 6) is 5.91. The Kier molecular flexibility index (Phi) is 16.7. The van der Waals surface area contributed by atoms with Crippen molar-refractivity contribution in [1.82, 2.24) is 9.80 Å². The zero-order valence-corrected chi connectivity index (χ0v) is 29.7. The van der Waals surface area contributed by atoms with Gasteiger partial charge in [0.2, 0.25) is 0 Å². The van der Waals surface area contributed by atoms with Crippen molar-refractivity contribution in [1.29, 1.82) is 0 Å². The lowest BCUT2D eigenvalue weighted by Gasteiger charge is -2.32. The number of nitrogens with zero attached hydrogens (tertiary/aromatic N) is 2. The normalized spacial score (nSPS) is 15.4. The summed E-state index contributed by atoms with van der Waals surface area (Å²) >= 11 is 4.84. The Morgan fingerprint density at radius 3 is 1.44 bits per heavy atom. The molecule has 0 bridgehead atoms. The van der Waals surface area contributed by atoms with Crippen LogP contribution in [-0.4, -0.2) is 59.2 Å². The quantitative estimate of drug-likeness (QED) is 0.175. The van der Waals surface area contributed by atoms with Crippen molar-refractivity contribution in [2.45, 2.75) is 77.2 Å². The molecular formula is C37H41ClF6N2O6. The molecule has 0 radical (unpaired) electrons. The highest BCUT2D eigenvalue weighted by Gasteiger charge is 2.32. The minimum Gasteiger partial charge on any atom is -0.444 e. The molecule has 15 heteroatoms. The predicted octanol–water partition coefficient (Wildman–Crippen LogP) is 10.0. The number of hydrogen-bond acceptors (Lipinski definition) is 6. The third kappa shape index (κ3) is 16.2. The lowest BCUT2D eigenvalue weighted by Crippen LogP contribution is -2.41. The number of halogens is 7. The van der Waals surface area contributed by atoms with E-state index in [1.165, 1.54) is 23.1 Å². The summed E-state index contributed by atoms with van der Waals surface area (Å²) in [6, 6.07) is 8.19. The van der Waals surface area contributed by atoms with Gasteiger partial charge in [-0.25, -0.2) is 14.4 Å². The van der Waals surface area contributed by atoms with Crippen LogP contribution in [0.15, 0.2) is 48.5 Å². The zero-order chi connectivity index (χ0) is 39.1. The summed E-state index contributed by atoms with van der Waals surface area (Å²) in [6.07, 6.45) is 5.82. The van der Waals surface area contributed by atoms with Crippen molar-refractivity contribution in [2.24, 2.45) is 11.8 Å². The largest absolute Gasteiger partial charge is 0.444 e. The lowest BCUT2D eigenvalue weighted by atomic mass is 9.94. The highest BCUT2D eigenvalue weighted by Crippen LogP contribution is 2.33. The maximum atomic E-state index is 12.6. The minimum atomic E-state index is -4.46. The lowest BCUT2D eigenvalue weighted by molar-refractivity contribution is -0.138. The van der Waals surface area contributed by atoms with Crippen LogP contribution < -0.4 is 9.47 Å². The third-order valence-electron chi connectivity index (χ3n) is 7.68. The van der Waals surface area contributed by atoms with Crippen molar-refractivity contribution in [3.05, 3.63) is 59.7 Å². The number of likely N-dealkylation sites (tertiary alicyclic amines) is 2. The molecule has 284 valence electrons. The molecular weight excluding hydrogens is 718 g/mol. The molecule has 0 N–H and O–H groups in total. The van der Waals surface area contributed by atoms with Gasteiger partial charge in [0.1, 0.15) is 17.1 Å². The molecule has 0 spiro atoms. The highest BCUT2D eigenvalue weighted by molar-refractivity contribution is 6.61. The Morgan fingerprint density at radius 2 is 1.10 bits per heavy atom. The van der Waals surface area contributed by atoms with E-state index in [9.17, 15) is 40.7 Å². The SMILES string of the molecule is C#CCC1CCN(C(=O)OC(C)(C)C)CC1.C#CCC1CCN(C(=O)Oc2cccc(C(F)(F)F)c2)CC1.O=C(Cl)Oc1cccc(C(F)(F)F)c1. The molecule has 2 amide bonds. The Morgan fingerprint density at radius 1 is 0.712 bits per heavy atom. The summed E-state index contributed by atoms with van der Waals surface area (Å²) in [7, 11) is 0. The van der Waals surface area contributed by atoms with Crippen LogP contribution in [0.25, 0.3) is 0 Å². The number of carbonyl (C=O) groups is 3. The van der Waals surface area contributed by atoms with Gasteiger partial charge in [-0.15, -0.1) is 24.7 Å². The van der Waals surface area contributed by atoms with Gasteiger partial charge >= 0.3 is 30.0 Å². The van der Waals surface area contributed by atoms with Crippen molar-refractivity contribution in [2.75, 3.05) is 26.2 Å². The molecule has 2 saturated heterocycles. The number of rotatable bonds is 4. The van der Waals surface area contributed by atoms with Gasteiger partial charge in [-0.2, -0.15) is 26.3 Å². The Labute approximate surface area is 304 Å². The topological polar surface area (TPSA) is 85.4 Å². The summed E-state index contributed by atoms with van der Waals surface area (Å²) in [6.45, 7) is 8.19. The van der Waals surface area contributed by atoms with Gasteiger partial charge in [0.15, 0.2) is 0 Å². The van der Waals surface area contributed by atoms with Crippen molar-refractivity contribution in [3.63, 3.8) is 0 Å². The van der Waals surface area contributed by atoms with E-state index in [2.05, 4.69) is 16.6 Å². The van der Waals surface area contributed by atoms with Gasteiger partial charge in [-0.1, -0.05) is 12.1 Å². The summed E-state index contributed by atoms with van der Waals surface area (Å²) in [5, 5.41) is 0. The van der Waals surface area contributed by atoms with Gasteiger partial charge in [-0.05, 0) is 94.7 Å². The van der Waals surface area contributed by atoms with Crippen molar-refractivity contribution >= 4 is 29.2 Å². The number of alkyl halides is 6. The molecule has 2 aromatic rings. The van der Waals surface area contributed by atoms with Gasteiger partial charge in [0, 0.05) is 50.6 Å². The summed E-state index contributed by atoms with van der Waals surface area (Å²) < 4.78 is 88.8. The fourth-order valence-electron chi connectivity index (χ4n) is 5.03. The molecule has 0 aromatic heterocycles. The highest BCUT2D eigenvalue weighted by atomic mass is 35.5. The smallest absolute Gasteiger partial charge is 0.416 e. The Balaban J connectivity index is 0.000000279. The van der Waals surface area contributed by atoms with E-state index >= 15 is 0 Å². The van der Waals surface area contributed by atoms with Crippen LogP contribution >= 0.6 is 11.6 Å². The molecule has 2 aliphatic heterocycles. The maximum Gasteiger partial charge on any atom is 0.416 e. The first-order valence-corrected chi connectivity index (χ1v) is 16.6. The van der Waals surface area contributed by atoms with Crippen LogP contribution in [0.2, 0.25) is 0 Å². The van der Waals surface area contributed by atoms with Gasteiger partial charge in [0.05, 0.1) is 11.1 Å². The van der Waals surface area contributed by atoms with Crippen LogP contribution in [-0.2, 0) is 17.1 Å². The van der Waals surface area contributed by atoms with Crippen LogP contribution in [0, 0.1) is 36.5 Å². The van der Waals surface area contributed by atoms with Crippen LogP contribution in [0.5, 0.6) is 11.5 Å². The zero-order valence-electron chi connectivity index (χ0n) is 29.0. The Hall–Kier alpha value is -4.56. The van der Waals surface area contributed by atoms with Crippen LogP contribution in [0.1, 0.15) is 70.4 Å². The monoisotopic (exact) mass is 758 g/mol. The summed E-state index contributed by atoms with van der Waals surface area (Å²) in [5.41, 5.74) is -3.32. The third-order valence-corrected chi connectivity index (χ3v) is 7.76. The van der Waals surface area contributed by atoms with E-state index < -0.39 is 40.6 Å². The predicted molar refractivity (Wildman–Crippen MR) is 183 cm³/mol. The first kappa shape index (κ1) is 43.6. The molecule has 2 aliphatic rings. The van der Waals surface area contributed by atoms with E-state index in [4.69, 9.17) is 33.9 Å². The molecule has 0 aliphatic carbocycles. The second-order valence-corrected chi connectivity index (χ2v) is 13.2. The molecule has 4 rings (SSSR count). The van der Waals surface area contributed by atoms with E-state index in [1.807, 2.05) is 20.8 Å². The number of hydrogen-bond donors (Lipinski definition) is 0. The standard InChI is InChI=1S/C16H16F3NO2.C13H21NO2.C8H4ClF3O2/c1-2-4-12-7-9-20(10-8-12)15(21)22-14-6-3-5-13(11-14)16(17,18)19;1-5-6-11-7-9-14(10-8-11)12(15)16-13(2,3)4;9-7(13)14-6-3-1-2-5(4-6)8(10,11)12/h1,3,5-6,11-12H,4,7-10H2;1,11H,6-10H2,2-4H3;1-4H. The minimum absolute atomic E-state index is 0.106. The van der Waals surface area contributed by atoms with E-state index in [-0.39, 0.29) is 17.6 Å². The molecule has 0 atom stereocenters. The number of benzene rings is 2. The summed E-state index contributed by atoms with van der Waals surface area (Å²) in [4.78, 5) is 37.2. The molecule has 0 saturated carbocycles. The molecule has 8 nitrogen and oxygen atoms in total. The Bertz CT molecular complexity index is 1560. The van der Waals surface area contributed by atoms with Gasteiger partial charge in [0.25, 0.3) is 0 Å². The first-order valence-electron chi connectivity index (χ1n) is 16.2. The average Bonchev–Trinajstić information content (AvgIpc) is 3.05. The van der Waals surface area contributed by atoms with Crippen LogP contribution in [0.4, 0.5) is 40.7 Å². The molecule has 0 unspecified atom stereocenters. The van der Waals surface area contributed by atoms with Gasteiger partial charge < -0.3 is 24.0 Å². The number of amides is 2. The average molecular weight is 759 g/mol. The molecule has 52 heavy (non-hydrogen) atoms. The second-order valence-electron chi connectivity index (χ2n) is 12.9. The fraction of sp³-hybridized carbons (Fsp3) is 0.486. The number of terminal acetylenes is 2. The number of ether oxygens (including phenoxy) is 3. The second kappa shape index (κ2) is 19.9. The van der Waals surface area contributed by atoms with Crippen molar-refractivity contribution in [3.8, 4) is 36.2 Å². The first-order chi connectivity index (χ1) is 24.2. The maximum absolute atomic E-state index is 12.6. The number of piperidine rings is 2. The van der Waals surface area contributed by atoms with E-state index in [0.29, 0.717) is 37.4 Å².